The molecule has 0 unspecified atom stereocenters. The number of carbonyl (C=O) groups is 2. The predicted octanol–water partition coefficient (Wildman–Crippen LogP) is 5.35. The zero-order valence-electron chi connectivity index (χ0n) is 14.9. The van der Waals surface area contributed by atoms with Crippen molar-refractivity contribution in [2.45, 2.75) is 25.7 Å². The summed E-state index contributed by atoms with van der Waals surface area (Å²) in [6.45, 7) is 5.22. The molecule has 0 aliphatic rings. The number of amides is 1. The van der Waals surface area contributed by atoms with Crippen molar-refractivity contribution in [3.05, 3.63) is 49.5 Å². The molecule has 5 nitrogen and oxygen atoms in total. The Morgan fingerprint density at radius 3 is 2.56 bits per heavy atom. The number of nitrogens with one attached hydrogen (secondary N) is 1. The minimum Gasteiger partial charge on any atom is -0.455 e. The van der Waals surface area contributed by atoms with E-state index in [0.717, 1.165) is 20.5 Å². The summed E-state index contributed by atoms with van der Waals surface area (Å²) in [6.07, 6.45) is 0. The van der Waals surface area contributed by atoms with E-state index in [0.29, 0.717) is 10.7 Å². The van der Waals surface area contributed by atoms with Gasteiger partial charge in [-0.3, -0.25) is 9.59 Å². The molecule has 0 bridgehead atoms. The van der Waals surface area contributed by atoms with Crippen molar-refractivity contribution >= 4 is 68.6 Å². The van der Waals surface area contributed by atoms with E-state index in [1.54, 1.807) is 6.92 Å². The number of aryl methyl sites for hydroxylation is 3. The minimum absolute atomic E-state index is 0.105. The van der Waals surface area contributed by atoms with E-state index in [4.69, 9.17) is 27.9 Å². The molecule has 0 atom stereocenters. The number of halogens is 3. The summed E-state index contributed by atoms with van der Waals surface area (Å²) in [5.41, 5.74) is 2.67. The number of esters is 1. The van der Waals surface area contributed by atoms with E-state index in [1.807, 2.05) is 26.0 Å². The number of benzene rings is 1. The van der Waals surface area contributed by atoms with Crippen molar-refractivity contribution < 1.29 is 14.3 Å². The Morgan fingerprint density at radius 2 is 1.85 bits per heavy atom. The SMILES string of the molecule is Cc1cc(SCC(=O)OCC(=O)Nc2nc(C)c(Cl)cc2Cl)c(C)cc1Br. The van der Waals surface area contributed by atoms with Crippen molar-refractivity contribution in [2.75, 3.05) is 17.7 Å². The van der Waals surface area contributed by atoms with E-state index in [9.17, 15) is 9.59 Å². The molecule has 2 aromatic rings. The zero-order valence-corrected chi connectivity index (χ0v) is 18.8. The van der Waals surface area contributed by atoms with Crippen molar-refractivity contribution in [1.29, 1.82) is 0 Å². The topological polar surface area (TPSA) is 68.3 Å². The number of hydrogen-bond donors (Lipinski definition) is 1. The average Bonchev–Trinajstić information content (AvgIpc) is 2.60. The summed E-state index contributed by atoms with van der Waals surface area (Å²) in [4.78, 5) is 28.9. The van der Waals surface area contributed by atoms with E-state index >= 15 is 0 Å². The lowest BCUT2D eigenvalue weighted by Crippen LogP contribution is -2.22. The van der Waals surface area contributed by atoms with E-state index < -0.39 is 18.5 Å². The highest BCUT2D eigenvalue weighted by Crippen LogP contribution is 2.28. The third kappa shape index (κ3) is 6.38. The molecule has 9 heteroatoms. The molecule has 27 heavy (non-hydrogen) atoms. The Kier molecular flexibility index (Phi) is 7.97. The number of nitrogens with zero attached hydrogens (tertiary/aromatic N) is 1. The van der Waals surface area contributed by atoms with Crippen LogP contribution in [0.5, 0.6) is 0 Å². The number of rotatable bonds is 6. The first kappa shape index (κ1) is 22.0. The summed E-state index contributed by atoms with van der Waals surface area (Å²) in [7, 11) is 0. The molecule has 0 aliphatic heterocycles. The normalized spacial score (nSPS) is 10.6. The van der Waals surface area contributed by atoms with Crippen LogP contribution < -0.4 is 5.32 Å². The molecule has 1 amide bonds. The molecule has 0 fully saturated rings. The third-order valence-electron chi connectivity index (χ3n) is 3.53. The van der Waals surface area contributed by atoms with Crippen molar-refractivity contribution in [2.24, 2.45) is 0 Å². The zero-order chi connectivity index (χ0) is 20.1. The van der Waals surface area contributed by atoms with Crippen LogP contribution in [0.1, 0.15) is 16.8 Å². The van der Waals surface area contributed by atoms with Crippen LogP contribution in [0.3, 0.4) is 0 Å². The number of hydrogen-bond acceptors (Lipinski definition) is 5. The van der Waals surface area contributed by atoms with Gasteiger partial charge in [0, 0.05) is 9.37 Å². The second kappa shape index (κ2) is 9.78. The van der Waals surface area contributed by atoms with Gasteiger partial charge in [0.2, 0.25) is 0 Å². The monoisotopic (exact) mass is 490 g/mol. The second-order valence-corrected chi connectivity index (χ2v) is 8.44. The van der Waals surface area contributed by atoms with Crippen LogP contribution in [0.4, 0.5) is 5.82 Å². The highest BCUT2D eigenvalue weighted by molar-refractivity contribution is 9.10. The first-order valence-corrected chi connectivity index (χ1v) is 10.4. The predicted molar refractivity (Wildman–Crippen MR) is 113 cm³/mol. The van der Waals surface area contributed by atoms with Gasteiger partial charge in [0.05, 0.1) is 21.5 Å². The molecule has 1 heterocycles. The molecule has 0 spiro atoms. The first-order valence-electron chi connectivity index (χ1n) is 7.85. The lowest BCUT2D eigenvalue weighted by Gasteiger charge is -2.10. The van der Waals surface area contributed by atoms with Crippen LogP contribution in [0.25, 0.3) is 0 Å². The Balaban J connectivity index is 1.84. The average molecular weight is 492 g/mol. The number of carbonyl (C=O) groups excluding carboxylic acids is 2. The van der Waals surface area contributed by atoms with E-state index in [2.05, 4.69) is 26.2 Å². The summed E-state index contributed by atoms with van der Waals surface area (Å²) >= 11 is 16.7. The van der Waals surface area contributed by atoms with Gasteiger partial charge in [0.1, 0.15) is 0 Å². The molecular weight excluding hydrogens is 475 g/mol. The van der Waals surface area contributed by atoms with Gasteiger partial charge in [-0.25, -0.2) is 4.98 Å². The van der Waals surface area contributed by atoms with E-state index in [-0.39, 0.29) is 16.6 Å². The van der Waals surface area contributed by atoms with Gasteiger partial charge >= 0.3 is 5.97 Å². The summed E-state index contributed by atoms with van der Waals surface area (Å²) in [5.74, 6) is -0.731. The molecule has 1 aromatic carbocycles. The largest absolute Gasteiger partial charge is 0.455 e. The van der Waals surface area contributed by atoms with Gasteiger partial charge in [-0.05, 0) is 50.1 Å². The minimum atomic E-state index is -0.528. The fourth-order valence-corrected chi connectivity index (χ4v) is 3.82. The number of anilines is 1. The molecule has 0 saturated carbocycles. The number of pyridine rings is 1. The fraction of sp³-hybridized carbons (Fsp3) is 0.278. The molecule has 1 aromatic heterocycles. The van der Waals surface area contributed by atoms with Gasteiger partial charge < -0.3 is 10.1 Å². The summed E-state index contributed by atoms with van der Waals surface area (Å²) in [5, 5.41) is 3.11. The number of thioether (sulfide) groups is 1. The molecule has 0 saturated heterocycles. The van der Waals surface area contributed by atoms with Crippen LogP contribution in [-0.2, 0) is 14.3 Å². The lowest BCUT2D eigenvalue weighted by atomic mass is 10.2. The number of aromatic nitrogens is 1. The standard InChI is InChI=1S/C18H17BrCl2N2O3S/c1-9-5-15(10(2)4-12(9)19)27-8-17(25)26-7-16(24)23-18-14(21)6-13(20)11(3)22-18/h4-6H,7-8H2,1-3H3,(H,22,23,24). The van der Waals surface area contributed by atoms with Gasteiger partial charge in [-0.2, -0.15) is 0 Å². The molecule has 0 radical (unpaired) electrons. The first-order chi connectivity index (χ1) is 12.7. The van der Waals surface area contributed by atoms with Crippen LogP contribution in [-0.4, -0.2) is 29.2 Å². The lowest BCUT2D eigenvalue weighted by molar-refractivity contribution is -0.144. The van der Waals surface area contributed by atoms with Crippen LogP contribution in [0.2, 0.25) is 10.0 Å². The Hall–Kier alpha value is -1.28. The van der Waals surface area contributed by atoms with Crippen LogP contribution in [0, 0.1) is 20.8 Å². The Labute approximate surface area is 180 Å². The molecule has 1 N–H and O–H groups in total. The highest BCUT2D eigenvalue weighted by Gasteiger charge is 2.13. The fourth-order valence-electron chi connectivity index (χ4n) is 2.05. The van der Waals surface area contributed by atoms with Crippen LogP contribution >= 0.6 is 50.9 Å². The van der Waals surface area contributed by atoms with Gasteiger partial charge in [-0.15, -0.1) is 11.8 Å². The van der Waals surface area contributed by atoms with Gasteiger partial charge in [0.25, 0.3) is 5.91 Å². The molecule has 2 rings (SSSR count). The van der Waals surface area contributed by atoms with Crippen molar-refractivity contribution in [3.8, 4) is 0 Å². The molecular formula is C18H17BrCl2N2O3S. The quantitative estimate of drug-likeness (QED) is 0.435. The van der Waals surface area contributed by atoms with Crippen molar-refractivity contribution in [1.82, 2.24) is 4.98 Å². The summed E-state index contributed by atoms with van der Waals surface area (Å²) in [6, 6.07) is 5.49. The maximum absolute atomic E-state index is 11.9. The van der Waals surface area contributed by atoms with Gasteiger partial charge in [0.15, 0.2) is 12.4 Å². The maximum atomic E-state index is 11.9. The van der Waals surface area contributed by atoms with Crippen molar-refractivity contribution in [3.63, 3.8) is 0 Å². The Bertz CT molecular complexity index is 893. The highest BCUT2D eigenvalue weighted by atomic mass is 79.9. The maximum Gasteiger partial charge on any atom is 0.316 e. The van der Waals surface area contributed by atoms with E-state index in [1.165, 1.54) is 17.8 Å². The smallest absolute Gasteiger partial charge is 0.316 e. The van der Waals surface area contributed by atoms with Crippen LogP contribution in [0.15, 0.2) is 27.6 Å². The molecule has 0 aliphatic carbocycles. The Morgan fingerprint density at radius 1 is 1.15 bits per heavy atom. The molecule has 144 valence electrons. The second-order valence-electron chi connectivity index (χ2n) is 5.75. The summed E-state index contributed by atoms with van der Waals surface area (Å²) < 4.78 is 6.03. The third-order valence-corrected chi connectivity index (χ3v) is 6.18. The number of ether oxygens (including phenoxy) is 1. The van der Waals surface area contributed by atoms with Gasteiger partial charge in [-0.1, -0.05) is 39.1 Å².